The molecular formula is C14H20N2O. The summed E-state index contributed by atoms with van der Waals surface area (Å²) in [5.41, 5.74) is 8.14. The number of benzene rings is 1. The number of likely N-dealkylation sites (tertiary alicyclic amines) is 1. The Bertz CT molecular complexity index is 395. The standard InChI is InChI=1S/C14H20N2O/c1-11-3-2-4-12(9-11)10-14(17)16-7-5-13(15)6-8-16/h2-4,9,13H,5-8,10,15H2,1H3. The van der Waals surface area contributed by atoms with Gasteiger partial charge in [-0.05, 0) is 25.3 Å². The summed E-state index contributed by atoms with van der Waals surface area (Å²) in [4.78, 5) is 14.0. The third-order valence-electron chi connectivity index (χ3n) is 3.33. The van der Waals surface area contributed by atoms with E-state index < -0.39 is 0 Å². The van der Waals surface area contributed by atoms with Gasteiger partial charge in [-0.2, -0.15) is 0 Å². The first kappa shape index (κ1) is 12.1. The second-order valence-electron chi connectivity index (χ2n) is 4.88. The van der Waals surface area contributed by atoms with Crippen molar-refractivity contribution in [3.63, 3.8) is 0 Å². The van der Waals surface area contributed by atoms with Crippen LogP contribution in [0.1, 0.15) is 24.0 Å². The van der Waals surface area contributed by atoms with Crippen molar-refractivity contribution in [2.45, 2.75) is 32.2 Å². The van der Waals surface area contributed by atoms with E-state index in [1.807, 2.05) is 30.0 Å². The molecule has 2 N–H and O–H groups in total. The molecule has 0 saturated carbocycles. The van der Waals surface area contributed by atoms with Gasteiger partial charge in [-0.25, -0.2) is 0 Å². The van der Waals surface area contributed by atoms with Crippen LogP contribution >= 0.6 is 0 Å². The molecule has 1 aromatic carbocycles. The highest BCUT2D eigenvalue weighted by atomic mass is 16.2. The molecule has 0 spiro atoms. The van der Waals surface area contributed by atoms with Gasteiger partial charge in [0.05, 0.1) is 6.42 Å². The van der Waals surface area contributed by atoms with Gasteiger partial charge in [0.25, 0.3) is 0 Å². The van der Waals surface area contributed by atoms with Crippen LogP contribution < -0.4 is 5.73 Å². The molecule has 0 radical (unpaired) electrons. The Balaban J connectivity index is 1.93. The second-order valence-corrected chi connectivity index (χ2v) is 4.88. The monoisotopic (exact) mass is 232 g/mol. The smallest absolute Gasteiger partial charge is 0.226 e. The molecule has 1 aliphatic rings. The lowest BCUT2D eigenvalue weighted by Crippen LogP contribution is -2.43. The van der Waals surface area contributed by atoms with Crippen molar-refractivity contribution in [2.24, 2.45) is 5.73 Å². The molecule has 1 fully saturated rings. The molecule has 2 rings (SSSR count). The number of piperidine rings is 1. The van der Waals surface area contributed by atoms with E-state index in [4.69, 9.17) is 5.73 Å². The Morgan fingerprint density at radius 1 is 1.41 bits per heavy atom. The average Bonchev–Trinajstić information content (AvgIpc) is 2.29. The highest BCUT2D eigenvalue weighted by molar-refractivity contribution is 5.78. The maximum absolute atomic E-state index is 12.1. The molecule has 1 saturated heterocycles. The van der Waals surface area contributed by atoms with E-state index in [1.165, 1.54) is 5.56 Å². The number of amides is 1. The quantitative estimate of drug-likeness (QED) is 0.839. The first-order valence-corrected chi connectivity index (χ1v) is 6.24. The van der Waals surface area contributed by atoms with E-state index in [2.05, 4.69) is 6.07 Å². The molecule has 0 unspecified atom stereocenters. The zero-order valence-corrected chi connectivity index (χ0v) is 10.4. The molecule has 1 aliphatic heterocycles. The number of carbonyl (C=O) groups excluding carboxylic acids is 1. The van der Waals surface area contributed by atoms with Crippen LogP contribution in [0, 0.1) is 6.92 Å². The number of nitrogens with zero attached hydrogens (tertiary/aromatic N) is 1. The van der Waals surface area contributed by atoms with Gasteiger partial charge in [-0.15, -0.1) is 0 Å². The molecule has 17 heavy (non-hydrogen) atoms. The van der Waals surface area contributed by atoms with Gasteiger partial charge in [-0.3, -0.25) is 4.79 Å². The third-order valence-corrected chi connectivity index (χ3v) is 3.33. The third kappa shape index (κ3) is 3.30. The summed E-state index contributed by atoms with van der Waals surface area (Å²) in [5.74, 6) is 0.225. The summed E-state index contributed by atoms with van der Waals surface area (Å²) < 4.78 is 0. The number of carbonyl (C=O) groups is 1. The Kier molecular flexibility index (Phi) is 3.79. The Labute approximate surface area is 103 Å². The molecule has 92 valence electrons. The van der Waals surface area contributed by atoms with E-state index in [1.54, 1.807) is 0 Å². The van der Waals surface area contributed by atoms with Gasteiger partial charge in [0.2, 0.25) is 5.91 Å². The van der Waals surface area contributed by atoms with E-state index in [-0.39, 0.29) is 11.9 Å². The Hall–Kier alpha value is -1.35. The second kappa shape index (κ2) is 5.32. The molecule has 0 aliphatic carbocycles. The van der Waals surface area contributed by atoms with Crippen LogP contribution in [-0.2, 0) is 11.2 Å². The van der Waals surface area contributed by atoms with Gasteiger partial charge in [0, 0.05) is 19.1 Å². The Morgan fingerprint density at radius 2 is 2.12 bits per heavy atom. The summed E-state index contributed by atoms with van der Waals surface area (Å²) >= 11 is 0. The van der Waals surface area contributed by atoms with Crippen molar-refractivity contribution in [1.82, 2.24) is 4.90 Å². The van der Waals surface area contributed by atoms with Crippen LogP contribution in [0.4, 0.5) is 0 Å². The minimum absolute atomic E-state index is 0.225. The SMILES string of the molecule is Cc1cccc(CC(=O)N2CCC(N)CC2)c1. The van der Waals surface area contributed by atoms with Gasteiger partial charge in [0.1, 0.15) is 0 Å². The topological polar surface area (TPSA) is 46.3 Å². The fourth-order valence-electron chi connectivity index (χ4n) is 2.26. The van der Waals surface area contributed by atoms with Crippen molar-refractivity contribution >= 4 is 5.91 Å². The van der Waals surface area contributed by atoms with Gasteiger partial charge in [0.15, 0.2) is 0 Å². The summed E-state index contributed by atoms with van der Waals surface area (Å²) in [6.45, 7) is 3.67. The number of rotatable bonds is 2. The van der Waals surface area contributed by atoms with Crippen molar-refractivity contribution in [3.05, 3.63) is 35.4 Å². The van der Waals surface area contributed by atoms with Crippen molar-refractivity contribution in [3.8, 4) is 0 Å². The lowest BCUT2D eigenvalue weighted by molar-refractivity contribution is -0.131. The molecule has 1 amide bonds. The van der Waals surface area contributed by atoms with Crippen molar-refractivity contribution in [1.29, 1.82) is 0 Å². The fourth-order valence-corrected chi connectivity index (χ4v) is 2.26. The lowest BCUT2D eigenvalue weighted by atomic mass is 10.0. The predicted molar refractivity (Wildman–Crippen MR) is 68.7 cm³/mol. The Morgan fingerprint density at radius 3 is 2.76 bits per heavy atom. The molecular weight excluding hydrogens is 212 g/mol. The van der Waals surface area contributed by atoms with Crippen LogP contribution in [0.15, 0.2) is 24.3 Å². The molecule has 1 heterocycles. The first-order valence-electron chi connectivity index (χ1n) is 6.24. The molecule has 3 nitrogen and oxygen atoms in total. The number of hydrogen-bond donors (Lipinski definition) is 1. The maximum atomic E-state index is 12.1. The van der Waals surface area contributed by atoms with Crippen LogP contribution in [0.25, 0.3) is 0 Å². The molecule has 0 atom stereocenters. The highest BCUT2D eigenvalue weighted by Gasteiger charge is 2.20. The normalized spacial score (nSPS) is 17.2. The predicted octanol–water partition coefficient (Wildman–Crippen LogP) is 1.49. The number of nitrogens with two attached hydrogens (primary N) is 1. The highest BCUT2D eigenvalue weighted by Crippen LogP contribution is 2.11. The minimum atomic E-state index is 0.225. The summed E-state index contributed by atoms with van der Waals surface area (Å²) in [5, 5.41) is 0. The van der Waals surface area contributed by atoms with Gasteiger partial charge in [-0.1, -0.05) is 29.8 Å². The van der Waals surface area contributed by atoms with E-state index >= 15 is 0 Å². The molecule has 3 heteroatoms. The van der Waals surface area contributed by atoms with Gasteiger partial charge < -0.3 is 10.6 Å². The average molecular weight is 232 g/mol. The number of hydrogen-bond acceptors (Lipinski definition) is 2. The molecule has 0 aromatic heterocycles. The number of aryl methyl sites for hydroxylation is 1. The van der Waals surface area contributed by atoms with Crippen LogP contribution in [0.3, 0.4) is 0 Å². The molecule has 1 aromatic rings. The van der Waals surface area contributed by atoms with Gasteiger partial charge >= 0.3 is 0 Å². The lowest BCUT2D eigenvalue weighted by Gasteiger charge is -2.30. The minimum Gasteiger partial charge on any atom is -0.342 e. The van der Waals surface area contributed by atoms with Crippen LogP contribution in [0.5, 0.6) is 0 Å². The summed E-state index contributed by atoms with van der Waals surface area (Å²) in [6.07, 6.45) is 2.37. The summed E-state index contributed by atoms with van der Waals surface area (Å²) in [7, 11) is 0. The van der Waals surface area contributed by atoms with Crippen molar-refractivity contribution in [2.75, 3.05) is 13.1 Å². The zero-order valence-electron chi connectivity index (χ0n) is 10.4. The maximum Gasteiger partial charge on any atom is 0.226 e. The zero-order chi connectivity index (χ0) is 12.3. The van der Waals surface area contributed by atoms with Crippen molar-refractivity contribution < 1.29 is 4.79 Å². The fraction of sp³-hybridized carbons (Fsp3) is 0.500. The van der Waals surface area contributed by atoms with E-state index in [0.29, 0.717) is 6.42 Å². The molecule has 0 bridgehead atoms. The van der Waals surface area contributed by atoms with Crippen LogP contribution in [-0.4, -0.2) is 29.9 Å². The van der Waals surface area contributed by atoms with E-state index in [9.17, 15) is 4.79 Å². The first-order chi connectivity index (χ1) is 8.15. The van der Waals surface area contributed by atoms with E-state index in [0.717, 1.165) is 31.5 Å². The largest absolute Gasteiger partial charge is 0.342 e. The van der Waals surface area contributed by atoms with Crippen LogP contribution in [0.2, 0.25) is 0 Å². The summed E-state index contributed by atoms with van der Waals surface area (Å²) in [6, 6.07) is 8.42.